The third kappa shape index (κ3) is 5.49. The van der Waals surface area contributed by atoms with Gasteiger partial charge < -0.3 is 10.0 Å². The highest BCUT2D eigenvalue weighted by Crippen LogP contribution is 2.31. The topological polar surface area (TPSA) is 26.7 Å². The van der Waals surface area contributed by atoms with Crippen LogP contribution in [0.2, 0.25) is 0 Å². The first kappa shape index (κ1) is 17.6. The maximum absolute atomic E-state index is 8.83. The molecule has 0 spiro atoms. The summed E-state index contributed by atoms with van der Waals surface area (Å²) in [5, 5.41) is 8.83. The first-order chi connectivity index (χ1) is 10.8. The average molecular weight is 323 g/mol. The second-order valence-corrected chi connectivity index (χ2v) is 7.07. The number of rotatable bonds is 9. The van der Waals surface area contributed by atoms with Crippen LogP contribution in [-0.4, -0.2) is 55.1 Å². The molecule has 1 fully saturated rings. The van der Waals surface area contributed by atoms with Crippen LogP contribution in [0, 0.1) is 0 Å². The molecule has 1 saturated heterocycles. The molecule has 1 heterocycles. The second-order valence-electron chi connectivity index (χ2n) is 5.93. The Morgan fingerprint density at radius 2 is 1.82 bits per heavy atom. The molecule has 0 bridgehead atoms. The molecule has 3 nitrogen and oxygen atoms in total. The van der Waals surface area contributed by atoms with Crippen molar-refractivity contribution in [1.82, 2.24) is 4.90 Å². The van der Waals surface area contributed by atoms with Gasteiger partial charge in [-0.1, -0.05) is 19.1 Å². The van der Waals surface area contributed by atoms with Gasteiger partial charge >= 0.3 is 0 Å². The molecule has 22 heavy (non-hydrogen) atoms. The van der Waals surface area contributed by atoms with Crippen molar-refractivity contribution >= 4 is 17.4 Å². The highest BCUT2D eigenvalue weighted by atomic mass is 32.2. The van der Waals surface area contributed by atoms with Gasteiger partial charge in [0.2, 0.25) is 0 Å². The van der Waals surface area contributed by atoms with Crippen molar-refractivity contribution < 1.29 is 5.11 Å². The molecule has 4 heteroatoms. The van der Waals surface area contributed by atoms with E-state index in [0.29, 0.717) is 6.61 Å². The lowest BCUT2D eigenvalue weighted by Crippen LogP contribution is -2.46. The van der Waals surface area contributed by atoms with Crippen LogP contribution in [0.3, 0.4) is 0 Å². The van der Waals surface area contributed by atoms with Crippen LogP contribution in [0.15, 0.2) is 29.2 Å². The predicted octanol–water partition coefficient (Wildman–Crippen LogP) is 3.47. The number of aliphatic hydroxyl groups is 1. The molecular weight excluding hydrogens is 292 g/mol. The number of unbranched alkanes of at least 4 members (excludes halogenated alkanes) is 2. The Bertz CT molecular complexity index is 419. The van der Waals surface area contributed by atoms with Crippen LogP contribution in [0.5, 0.6) is 0 Å². The van der Waals surface area contributed by atoms with Gasteiger partial charge in [0, 0.05) is 37.7 Å². The molecule has 1 aliphatic heterocycles. The summed E-state index contributed by atoms with van der Waals surface area (Å²) in [5.74, 6) is 1.20. The Hall–Kier alpha value is -0.710. The van der Waals surface area contributed by atoms with Crippen LogP contribution in [-0.2, 0) is 0 Å². The van der Waals surface area contributed by atoms with E-state index in [0.717, 1.165) is 39.0 Å². The van der Waals surface area contributed by atoms with Gasteiger partial charge in [-0.15, -0.1) is 11.8 Å². The lowest BCUT2D eigenvalue weighted by molar-refractivity contribution is 0.242. The van der Waals surface area contributed by atoms with Gasteiger partial charge in [-0.3, -0.25) is 4.90 Å². The van der Waals surface area contributed by atoms with Gasteiger partial charge in [0.05, 0.1) is 5.69 Å². The molecule has 2 rings (SSSR count). The molecule has 0 atom stereocenters. The highest BCUT2D eigenvalue weighted by molar-refractivity contribution is 7.99. The molecule has 124 valence electrons. The fourth-order valence-corrected chi connectivity index (χ4v) is 3.83. The van der Waals surface area contributed by atoms with Crippen LogP contribution >= 0.6 is 11.8 Å². The minimum Gasteiger partial charge on any atom is -0.396 e. The Morgan fingerprint density at radius 3 is 2.55 bits per heavy atom. The highest BCUT2D eigenvalue weighted by Gasteiger charge is 2.18. The standard InChI is InChI=1S/C18H30N2OS/c1-2-16-22-18-9-5-4-8-17(18)20-13-11-19(12-14-20)10-6-3-7-15-21/h4-5,8-9,21H,2-3,6-7,10-16H2,1H3. The fraction of sp³-hybridized carbons (Fsp3) is 0.667. The lowest BCUT2D eigenvalue weighted by atomic mass is 10.2. The number of benzene rings is 1. The quantitative estimate of drug-likeness (QED) is 0.556. The first-order valence-electron chi connectivity index (χ1n) is 8.65. The Morgan fingerprint density at radius 1 is 1.05 bits per heavy atom. The average Bonchev–Trinajstić information content (AvgIpc) is 2.58. The van der Waals surface area contributed by atoms with E-state index in [9.17, 15) is 0 Å². The van der Waals surface area contributed by atoms with Gasteiger partial charge in [0.25, 0.3) is 0 Å². The van der Waals surface area contributed by atoms with Crippen molar-refractivity contribution in [2.24, 2.45) is 0 Å². The van der Waals surface area contributed by atoms with E-state index < -0.39 is 0 Å². The third-order valence-electron chi connectivity index (χ3n) is 4.17. The molecule has 1 aliphatic rings. The predicted molar refractivity (Wildman–Crippen MR) is 97.0 cm³/mol. The summed E-state index contributed by atoms with van der Waals surface area (Å²) in [6.07, 6.45) is 4.53. The van der Waals surface area contributed by atoms with Crippen LogP contribution in [0.25, 0.3) is 0 Å². The Labute approximate surface area is 139 Å². The lowest BCUT2D eigenvalue weighted by Gasteiger charge is -2.37. The van der Waals surface area contributed by atoms with Crippen molar-refractivity contribution in [3.63, 3.8) is 0 Å². The van der Waals surface area contributed by atoms with Gasteiger partial charge in [0.15, 0.2) is 0 Å². The molecule has 0 aromatic heterocycles. The maximum Gasteiger partial charge on any atom is 0.0505 e. The fourth-order valence-electron chi connectivity index (χ4n) is 2.89. The summed E-state index contributed by atoms with van der Waals surface area (Å²) in [6, 6.07) is 8.84. The van der Waals surface area contributed by atoms with Crippen LogP contribution in [0.4, 0.5) is 5.69 Å². The molecule has 0 amide bonds. The maximum atomic E-state index is 8.83. The van der Waals surface area contributed by atoms with E-state index in [2.05, 4.69) is 41.0 Å². The minimum absolute atomic E-state index is 0.333. The normalized spacial score (nSPS) is 16.2. The van der Waals surface area contributed by atoms with Crippen molar-refractivity contribution in [2.45, 2.75) is 37.5 Å². The number of aliphatic hydroxyl groups excluding tert-OH is 1. The van der Waals surface area contributed by atoms with E-state index in [1.54, 1.807) is 0 Å². The summed E-state index contributed by atoms with van der Waals surface area (Å²) in [5.41, 5.74) is 1.42. The van der Waals surface area contributed by atoms with Crippen molar-refractivity contribution in [1.29, 1.82) is 0 Å². The number of hydrogen-bond acceptors (Lipinski definition) is 4. The third-order valence-corrected chi connectivity index (χ3v) is 5.44. The molecule has 1 aromatic rings. The van der Waals surface area contributed by atoms with Gasteiger partial charge in [-0.05, 0) is 50.1 Å². The summed E-state index contributed by atoms with van der Waals surface area (Å²) >= 11 is 1.98. The molecule has 0 aliphatic carbocycles. The number of piperazine rings is 1. The van der Waals surface area contributed by atoms with E-state index in [1.807, 2.05) is 11.8 Å². The summed E-state index contributed by atoms with van der Waals surface area (Å²) < 4.78 is 0. The number of nitrogens with zero attached hydrogens (tertiary/aromatic N) is 2. The van der Waals surface area contributed by atoms with E-state index in [4.69, 9.17) is 5.11 Å². The summed E-state index contributed by atoms with van der Waals surface area (Å²) in [4.78, 5) is 6.54. The number of hydrogen-bond donors (Lipinski definition) is 1. The summed E-state index contributed by atoms with van der Waals surface area (Å²) in [6.45, 7) is 8.33. The van der Waals surface area contributed by atoms with Crippen LogP contribution < -0.4 is 4.90 Å². The molecule has 1 aromatic carbocycles. The zero-order valence-corrected chi connectivity index (χ0v) is 14.7. The minimum atomic E-state index is 0.333. The largest absolute Gasteiger partial charge is 0.396 e. The number of thioether (sulfide) groups is 1. The van der Waals surface area contributed by atoms with Crippen molar-refractivity contribution in [2.75, 3.05) is 50.0 Å². The number of anilines is 1. The van der Waals surface area contributed by atoms with E-state index >= 15 is 0 Å². The second kappa shape index (κ2) is 10.1. The van der Waals surface area contributed by atoms with Gasteiger partial charge in [-0.25, -0.2) is 0 Å². The molecule has 0 saturated carbocycles. The van der Waals surface area contributed by atoms with Crippen molar-refractivity contribution in [3.05, 3.63) is 24.3 Å². The zero-order valence-electron chi connectivity index (χ0n) is 13.8. The monoisotopic (exact) mass is 322 g/mol. The summed E-state index contributed by atoms with van der Waals surface area (Å²) in [7, 11) is 0. The van der Waals surface area contributed by atoms with E-state index in [1.165, 1.54) is 35.7 Å². The Kier molecular flexibility index (Phi) is 8.13. The van der Waals surface area contributed by atoms with Crippen molar-refractivity contribution in [3.8, 4) is 0 Å². The van der Waals surface area contributed by atoms with E-state index in [-0.39, 0.29) is 0 Å². The molecular formula is C18H30N2OS. The molecule has 1 N–H and O–H groups in total. The van der Waals surface area contributed by atoms with Gasteiger partial charge in [-0.2, -0.15) is 0 Å². The van der Waals surface area contributed by atoms with Gasteiger partial charge in [0.1, 0.15) is 0 Å². The van der Waals surface area contributed by atoms with Crippen LogP contribution in [0.1, 0.15) is 32.6 Å². The number of para-hydroxylation sites is 1. The molecule has 0 unspecified atom stereocenters. The zero-order chi connectivity index (χ0) is 15.6. The first-order valence-corrected chi connectivity index (χ1v) is 9.63. The molecule has 0 radical (unpaired) electrons. The smallest absolute Gasteiger partial charge is 0.0505 e. The Balaban J connectivity index is 1.81. The SMILES string of the molecule is CCCSc1ccccc1N1CCN(CCCCCO)CC1.